The van der Waals surface area contributed by atoms with Gasteiger partial charge in [-0.3, -0.25) is 4.90 Å². The van der Waals surface area contributed by atoms with Crippen LogP contribution in [0.1, 0.15) is 51.4 Å². The molecule has 0 aromatic rings. The van der Waals surface area contributed by atoms with Gasteiger partial charge in [0.25, 0.3) is 0 Å². The van der Waals surface area contributed by atoms with Crippen molar-refractivity contribution in [1.29, 1.82) is 0 Å². The van der Waals surface area contributed by atoms with Gasteiger partial charge in [0.05, 0.1) is 0 Å². The number of hydrogen-bond donors (Lipinski definition) is 0. The molecule has 1 atom stereocenters. The second kappa shape index (κ2) is 5.71. The van der Waals surface area contributed by atoms with Gasteiger partial charge in [0.2, 0.25) is 0 Å². The molecule has 3 rings (SSSR count). The van der Waals surface area contributed by atoms with Crippen LogP contribution < -0.4 is 0 Å². The maximum Gasteiger partial charge on any atom is 0.0223 e. The predicted octanol–water partition coefficient (Wildman–Crippen LogP) is 2.74. The number of piperidine rings is 1. The van der Waals surface area contributed by atoms with E-state index in [9.17, 15) is 0 Å². The lowest BCUT2D eigenvalue weighted by molar-refractivity contribution is 0.0469. The Morgan fingerprint density at radius 2 is 1.65 bits per heavy atom. The molecule has 17 heavy (non-hydrogen) atoms. The molecule has 2 heterocycles. The average Bonchev–Trinajstić information content (AvgIpc) is 2.89. The van der Waals surface area contributed by atoms with E-state index in [1.807, 2.05) is 0 Å². The molecule has 0 amide bonds. The fourth-order valence-electron chi connectivity index (χ4n) is 4.09. The second-order valence-electron chi connectivity index (χ2n) is 6.43. The van der Waals surface area contributed by atoms with Gasteiger partial charge in [-0.15, -0.1) is 0 Å². The highest BCUT2D eigenvalue weighted by Gasteiger charge is 2.28. The fraction of sp³-hybridized carbons (Fsp3) is 1.00. The van der Waals surface area contributed by atoms with E-state index in [0.29, 0.717) is 0 Å². The van der Waals surface area contributed by atoms with Crippen molar-refractivity contribution in [2.75, 3.05) is 32.7 Å². The summed E-state index contributed by atoms with van der Waals surface area (Å²) in [4.78, 5) is 5.50. The minimum Gasteiger partial charge on any atom is -0.301 e. The van der Waals surface area contributed by atoms with Crippen LogP contribution in [0, 0.1) is 5.92 Å². The number of fused-ring (bicyclic) bond motifs is 1. The first-order valence-corrected chi connectivity index (χ1v) is 7.88. The van der Waals surface area contributed by atoms with E-state index in [0.717, 1.165) is 12.0 Å². The molecule has 0 radical (unpaired) electrons. The third kappa shape index (κ3) is 3.03. The van der Waals surface area contributed by atoms with Crippen LogP contribution in [-0.4, -0.2) is 48.6 Å². The fourth-order valence-corrected chi connectivity index (χ4v) is 4.09. The Balaban J connectivity index is 1.42. The molecular formula is C15H28N2. The second-order valence-corrected chi connectivity index (χ2v) is 6.43. The van der Waals surface area contributed by atoms with E-state index in [1.165, 1.54) is 84.1 Å². The van der Waals surface area contributed by atoms with Crippen LogP contribution in [0.4, 0.5) is 0 Å². The molecule has 1 saturated carbocycles. The van der Waals surface area contributed by atoms with Crippen molar-refractivity contribution in [3.05, 3.63) is 0 Å². The van der Waals surface area contributed by atoms with Gasteiger partial charge >= 0.3 is 0 Å². The van der Waals surface area contributed by atoms with E-state index in [2.05, 4.69) is 9.80 Å². The maximum absolute atomic E-state index is 2.75. The van der Waals surface area contributed by atoms with E-state index in [4.69, 9.17) is 0 Å². The van der Waals surface area contributed by atoms with Crippen molar-refractivity contribution in [2.24, 2.45) is 5.92 Å². The van der Waals surface area contributed by atoms with Gasteiger partial charge in [-0.25, -0.2) is 0 Å². The molecule has 0 spiro atoms. The van der Waals surface area contributed by atoms with Crippen molar-refractivity contribution in [1.82, 2.24) is 9.80 Å². The van der Waals surface area contributed by atoms with Crippen molar-refractivity contribution < 1.29 is 0 Å². The SMILES string of the molecule is C1CCC(CCN2CCN3CCCCC3C2)C1. The van der Waals surface area contributed by atoms with E-state index >= 15 is 0 Å². The van der Waals surface area contributed by atoms with Gasteiger partial charge in [0.15, 0.2) is 0 Å². The third-order valence-corrected chi connectivity index (χ3v) is 5.25. The van der Waals surface area contributed by atoms with Crippen LogP contribution in [0.15, 0.2) is 0 Å². The quantitative estimate of drug-likeness (QED) is 0.743. The summed E-state index contributed by atoms with van der Waals surface area (Å²) in [6, 6.07) is 0.904. The molecular weight excluding hydrogens is 208 g/mol. The zero-order valence-electron chi connectivity index (χ0n) is 11.2. The molecule has 3 aliphatic rings. The topological polar surface area (TPSA) is 6.48 Å². The van der Waals surface area contributed by atoms with Gasteiger partial charge in [0.1, 0.15) is 0 Å². The first-order chi connectivity index (χ1) is 8.42. The molecule has 0 aromatic heterocycles. The molecule has 0 aromatic carbocycles. The molecule has 1 unspecified atom stereocenters. The Bertz CT molecular complexity index is 235. The monoisotopic (exact) mass is 236 g/mol. The highest BCUT2D eigenvalue weighted by atomic mass is 15.3. The molecule has 0 bridgehead atoms. The zero-order chi connectivity index (χ0) is 11.5. The smallest absolute Gasteiger partial charge is 0.0223 e. The van der Waals surface area contributed by atoms with E-state index in [1.54, 1.807) is 0 Å². The number of rotatable bonds is 3. The number of hydrogen-bond acceptors (Lipinski definition) is 2. The van der Waals surface area contributed by atoms with Crippen molar-refractivity contribution in [3.63, 3.8) is 0 Å². The average molecular weight is 236 g/mol. The number of nitrogens with zero attached hydrogens (tertiary/aromatic N) is 2. The van der Waals surface area contributed by atoms with Crippen molar-refractivity contribution in [2.45, 2.75) is 57.4 Å². The van der Waals surface area contributed by atoms with Gasteiger partial charge in [0, 0.05) is 25.7 Å². The predicted molar refractivity (Wildman–Crippen MR) is 72.2 cm³/mol. The highest BCUT2D eigenvalue weighted by molar-refractivity contribution is 4.85. The summed E-state index contributed by atoms with van der Waals surface area (Å²) >= 11 is 0. The summed E-state index contributed by atoms with van der Waals surface area (Å²) < 4.78 is 0. The summed E-state index contributed by atoms with van der Waals surface area (Å²) in [5.41, 5.74) is 0. The third-order valence-electron chi connectivity index (χ3n) is 5.25. The first-order valence-electron chi connectivity index (χ1n) is 7.88. The largest absolute Gasteiger partial charge is 0.301 e. The first kappa shape index (κ1) is 12.0. The normalized spacial score (nSPS) is 32.8. The molecule has 2 nitrogen and oxygen atoms in total. The van der Waals surface area contributed by atoms with Crippen LogP contribution in [0.25, 0.3) is 0 Å². The van der Waals surface area contributed by atoms with Gasteiger partial charge < -0.3 is 4.90 Å². The van der Waals surface area contributed by atoms with Crippen molar-refractivity contribution >= 4 is 0 Å². The Hall–Kier alpha value is -0.0800. The molecule has 1 aliphatic carbocycles. The maximum atomic E-state index is 2.75. The Morgan fingerprint density at radius 1 is 0.824 bits per heavy atom. The summed E-state index contributed by atoms with van der Waals surface area (Å²) in [5, 5.41) is 0. The Morgan fingerprint density at radius 3 is 2.53 bits per heavy atom. The van der Waals surface area contributed by atoms with Crippen molar-refractivity contribution in [3.8, 4) is 0 Å². The van der Waals surface area contributed by atoms with Crippen LogP contribution in [0.2, 0.25) is 0 Å². The molecule has 2 aliphatic heterocycles. The van der Waals surface area contributed by atoms with Gasteiger partial charge in [-0.2, -0.15) is 0 Å². The van der Waals surface area contributed by atoms with E-state index in [-0.39, 0.29) is 0 Å². The van der Waals surface area contributed by atoms with Crippen LogP contribution in [0.3, 0.4) is 0 Å². The Kier molecular flexibility index (Phi) is 4.02. The lowest BCUT2D eigenvalue weighted by Gasteiger charge is -2.44. The summed E-state index contributed by atoms with van der Waals surface area (Å²) in [6.07, 6.45) is 11.9. The van der Waals surface area contributed by atoms with Crippen LogP contribution >= 0.6 is 0 Å². The van der Waals surface area contributed by atoms with Crippen LogP contribution in [0.5, 0.6) is 0 Å². The molecule has 3 fully saturated rings. The zero-order valence-corrected chi connectivity index (χ0v) is 11.2. The molecule has 2 saturated heterocycles. The lowest BCUT2D eigenvalue weighted by atomic mass is 9.98. The molecule has 0 N–H and O–H groups in total. The highest BCUT2D eigenvalue weighted by Crippen LogP contribution is 2.28. The molecule has 2 heteroatoms. The minimum atomic E-state index is 0.904. The minimum absolute atomic E-state index is 0.904. The summed E-state index contributed by atoms with van der Waals surface area (Å²) in [6.45, 7) is 6.81. The summed E-state index contributed by atoms with van der Waals surface area (Å²) in [7, 11) is 0. The molecule has 98 valence electrons. The van der Waals surface area contributed by atoms with Gasteiger partial charge in [-0.1, -0.05) is 32.1 Å². The summed E-state index contributed by atoms with van der Waals surface area (Å²) in [5.74, 6) is 1.07. The lowest BCUT2D eigenvalue weighted by Crippen LogP contribution is -2.54. The Labute approximate surface area is 106 Å². The number of piperazine rings is 1. The standard InChI is InChI=1S/C15H28N2/c1-2-6-14(5-1)8-10-16-11-12-17-9-4-3-7-15(17)13-16/h14-15H,1-13H2. The van der Waals surface area contributed by atoms with Crippen LogP contribution in [-0.2, 0) is 0 Å². The van der Waals surface area contributed by atoms with Gasteiger partial charge in [-0.05, 0) is 38.3 Å². The van der Waals surface area contributed by atoms with E-state index < -0.39 is 0 Å².